The molecule has 0 aromatic heterocycles. The summed E-state index contributed by atoms with van der Waals surface area (Å²) in [5.41, 5.74) is 1.07. The van der Waals surface area contributed by atoms with Gasteiger partial charge in [0.15, 0.2) is 0 Å². The minimum Gasteiger partial charge on any atom is -0.356 e. The van der Waals surface area contributed by atoms with E-state index in [1.54, 1.807) is 4.90 Å². The topological polar surface area (TPSA) is 52.7 Å². The molecule has 1 aromatic carbocycles. The second-order valence-electron chi connectivity index (χ2n) is 6.94. The van der Waals surface area contributed by atoms with Crippen LogP contribution in [0.5, 0.6) is 0 Å². The van der Waals surface area contributed by atoms with Gasteiger partial charge in [-0.3, -0.25) is 14.5 Å². The maximum absolute atomic E-state index is 12.4. The van der Waals surface area contributed by atoms with E-state index in [1.165, 1.54) is 0 Å². The average molecular weight is 345 g/mol. The largest absolute Gasteiger partial charge is 0.356 e. The number of nitrogens with zero attached hydrogens (tertiary/aromatic N) is 2. The van der Waals surface area contributed by atoms with Crippen molar-refractivity contribution in [3.63, 3.8) is 0 Å². The van der Waals surface area contributed by atoms with Gasteiger partial charge in [0.2, 0.25) is 11.8 Å². The van der Waals surface area contributed by atoms with Crippen LogP contribution in [0, 0.1) is 0 Å². The molecule has 2 amide bonds. The van der Waals surface area contributed by atoms with Gasteiger partial charge in [-0.1, -0.05) is 37.3 Å². The summed E-state index contributed by atoms with van der Waals surface area (Å²) in [6.07, 6.45) is 3.67. The van der Waals surface area contributed by atoms with E-state index in [0.717, 1.165) is 44.3 Å². The number of likely N-dealkylation sites (N-methyl/N-ethyl adjacent to an activating group) is 1. The maximum Gasteiger partial charge on any atom is 0.239 e. The van der Waals surface area contributed by atoms with E-state index in [-0.39, 0.29) is 23.8 Å². The Kier molecular flexibility index (Phi) is 7.44. The molecule has 5 heteroatoms. The van der Waals surface area contributed by atoms with Crippen LogP contribution in [0.2, 0.25) is 0 Å². The van der Waals surface area contributed by atoms with Gasteiger partial charge in [0.1, 0.15) is 0 Å². The van der Waals surface area contributed by atoms with E-state index in [2.05, 4.69) is 10.2 Å². The highest BCUT2D eigenvalue weighted by molar-refractivity contribution is 5.83. The summed E-state index contributed by atoms with van der Waals surface area (Å²) < 4.78 is 0. The van der Waals surface area contributed by atoms with E-state index < -0.39 is 0 Å². The first-order valence-electron chi connectivity index (χ1n) is 9.32. The Labute approximate surface area is 151 Å². The number of hydrogen-bond donors (Lipinski definition) is 1. The second-order valence-corrected chi connectivity index (χ2v) is 6.94. The highest BCUT2D eigenvalue weighted by atomic mass is 16.2. The third-order valence-corrected chi connectivity index (χ3v) is 4.94. The van der Waals surface area contributed by atoms with Crippen molar-refractivity contribution in [1.29, 1.82) is 0 Å². The predicted octanol–water partition coefficient (Wildman–Crippen LogP) is 2.24. The molecule has 1 aromatic rings. The Morgan fingerprint density at radius 1 is 1.28 bits per heavy atom. The van der Waals surface area contributed by atoms with E-state index in [4.69, 9.17) is 0 Å². The molecule has 138 valence electrons. The van der Waals surface area contributed by atoms with Crippen LogP contribution >= 0.6 is 0 Å². The molecule has 0 bridgehead atoms. The Balaban J connectivity index is 1.76. The highest BCUT2D eigenvalue weighted by Gasteiger charge is 2.31. The minimum atomic E-state index is -0.0870. The van der Waals surface area contributed by atoms with Crippen molar-refractivity contribution in [3.8, 4) is 0 Å². The van der Waals surface area contributed by atoms with Gasteiger partial charge in [0, 0.05) is 27.2 Å². The number of benzene rings is 1. The third-order valence-electron chi connectivity index (χ3n) is 4.94. The summed E-state index contributed by atoms with van der Waals surface area (Å²) in [6, 6.07) is 9.94. The molecule has 1 fully saturated rings. The van der Waals surface area contributed by atoms with Crippen LogP contribution in [-0.2, 0) is 9.59 Å². The minimum absolute atomic E-state index is 0.0124. The molecule has 25 heavy (non-hydrogen) atoms. The van der Waals surface area contributed by atoms with Crippen LogP contribution in [0.1, 0.15) is 44.1 Å². The molecule has 5 nitrogen and oxygen atoms in total. The van der Waals surface area contributed by atoms with Gasteiger partial charge < -0.3 is 10.2 Å². The highest BCUT2D eigenvalue weighted by Crippen LogP contribution is 2.20. The van der Waals surface area contributed by atoms with Gasteiger partial charge in [-0.25, -0.2) is 0 Å². The zero-order chi connectivity index (χ0) is 18.2. The first kappa shape index (κ1) is 19.4. The zero-order valence-corrected chi connectivity index (χ0v) is 15.7. The molecule has 2 rings (SSSR count). The summed E-state index contributed by atoms with van der Waals surface area (Å²) >= 11 is 0. The summed E-state index contributed by atoms with van der Waals surface area (Å²) in [6.45, 7) is 4.52. The fraction of sp³-hybridized carbons (Fsp3) is 0.600. The number of hydrogen-bond acceptors (Lipinski definition) is 3. The molecular weight excluding hydrogens is 314 g/mol. The fourth-order valence-electron chi connectivity index (χ4n) is 3.55. The van der Waals surface area contributed by atoms with E-state index >= 15 is 0 Å². The van der Waals surface area contributed by atoms with E-state index in [9.17, 15) is 9.59 Å². The van der Waals surface area contributed by atoms with Crippen molar-refractivity contribution in [3.05, 3.63) is 35.9 Å². The standard InChI is InChI=1S/C20H31N3O2/c1-4-17(16-10-6-5-7-11-16)19(24)21-13-9-15-23-14-8-12-18(23)20(25)22(2)3/h5-7,10-11,17-18H,4,8-9,12-15H2,1-3H3,(H,21,24)/t17-,18+/m1/s1. The maximum atomic E-state index is 12.4. The molecule has 0 aliphatic carbocycles. The molecule has 0 spiro atoms. The Hall–Kier alpha value is -1.88. The molecule has 0 unspecified atom stereocenters. The zero-order valence-electron chi connectivity index (χ0n) is 15.7. The van der Waals surface area contributed by atoms with Crippen molar-refractivity contribution < 1.29 is 9.59 Å². The van der Waals surface area contributed by atoms with Crippen molar-refractivity contribution in [1.82, 2.24) is 15.1 Å². The molecule has 1 N–H and O–H groups in total. The van der Waals surface area contributed by atoms with Gasteiger partial charge in [0.25, 0.3) is 0 Å². The first-order valence-corrected chi connectivity index (χ1v) is 9.32. The van der Waals surface area contributed by atoms with Crippen molar-refractivity contribution in [2.45, 2.75) is 44.6 Å². The second kappa shape index (κ2) is 9.56. The van der Waals surface area contributed by atoms with Crippen LogP contribution in [0.3, 0.4) is 0 Å². The lowest BCUT2D eigenvalue weighted by atomic mass is 9.96. The lowest BCUT2D eigenvalue weighted by Crippen LogP contribution is -2.43. The fourth-order valence-corrected chi connectivity index (χ4v) is 3.55. The summed E-state index contributed by atoms with van der Waals surface area (Å²) in [7, 11) is 3.63. The summed E-state index contributed by atoms with van der Waals surface area (Å²) in [5, 5.41) is 3.06. The first-order chi connectivity index (χ1) is 12.0. The number of likely N-dealkylation sites (tertiary alicyclic amines) is 1. The molecule has 0 saturated carbocycles. The molecule has 1 saturated heterocycles. The smallest absolute Gasteiger partial charge is 0.239 e. The number of carbonyl (C=O) groups is 2. The van der Waals surface area contributed by atoms with Crippen LogP contribution in [0.25, 0.3) is 0 Å². The summed E-state index contributed by atoms with van der Waals surface area (Å²) in [4.78, 5) is 28.6. The van der Waals surface area contributed by atoms with Gasteiger partial charge in [-0.05, 0) is 37.8 Å². The molecule has 2 atom stereocenters. The number of carbonyl (C=O) groups excluding carboxylic acids is 2. The third kappa shape index (κ3) is 5.30. The SMILES string of the molecule is CC[C@@H](C(=O)NCCCN1CCC[C@H]1C(=O)N(C)C)c1ccccc1. The normalized spacial score (nSPS) is 18.8. The average Bonchev–Trinajstić information content (AvgIpc) is 3.08. The molecule has 1 aliphatic heterocycles. The Morgan fingerprint density at radius 3 is 2.64 bits per heavy atom. The van der Waals surface area contributed by atoms with Crippen molar-refractivity contribution in [2.24, 2.45) is 0 Å². The van der Waals surface area contributed by atoms with Crippen molar-refractivity contribution >= 4 is 11.8 Å². The van der Waals surface area contributed by atoms with Gasteiger partial charge in [-0.2, -0.15) is 0 Å². The summed E-state index contributed by atoms with van der Waals surface area (Å²) in [5.74, 6) is 0.198. The molecular formula is C20H31N3O2. The predicted molar refractivity (Wildman–Crippen MR) is 100 cm³/mol. The number of nitrogens with one attached hydrogen (secondary N) is 1. The quantitative estimate of drug-likeness (QED) is 0.735. The van der Waals surface area contributed by atoms with Gasteiger partial charge in [0.05, 0.1) is 12.0 Å². The molecule has 1 heterocycles. The van der Waals surface area contributed by atoms with Crippen LogP contribution < -0.4 is 5.32 Å². The van der Waals surface area contributed by atoms with Gasteiger partial charge in [-0.15, -0.1) is 0 Å². The van der Waals surface area contributed by atoms with Crippen LogP contribution in [-0.4, -0.2) is 61.4 Å². The number of rotatable bonds is 8. The lowest BCUT2D eigenvalue weighted by Gasteiger charge is -2.26. The van der Waals surface area contributed by atoms with E-state index in [0.29, 0.717) is 6.54 Å². The number of amides is 2. The monoisotopic (exact) mass is 345 g/mol. The Morgan fingerprint density at radius 2 is 2.00 bits per heavy atom. The molecule has 0 radical (unpaired) electrons. The van der Waals surface area contributed by atoms with Crippen LogP contribution in [0.15, 0.2) is 30.3 Å². The lowest BCUT2D eigenvalue weighted by molar-refractivity contribution is -0.133. The van der Waals surface area contributed by atoms with Gasteiger partial charge >= 0.3 is 0 Å². The van der Waals surface area contributed by atoms with E-state index in [1.807, 2.05) is 51.4 Å². The molecule has 1 aliphatic rings. The van der Waals surface area contributed by atoms with Crippen molar-refractivity contribution in [2.75, 3.05) is 33.7 Å². The Bertz CT molecular complexity index is 559. The van der Waals surface area contributed by atoms with Crippen LogP contribution in [0.4, 0.5) is 0 Å².